The van der Waals surface area contributed by atoms with Crippen molar-refractivity contribution in [1.29, 1.82) is 0 Å². The fourth-order valence-corrected chi connectivity index (χ4v) is 5.62. The minimum absolute atomic E-state index is 0.0119. The van der Waals surface area contributed by atoms with Crippen molar-refractivity contribution in [2.45, 2.75) is 70.9 Å². The van der Waals surface area contributed by atoms with Gasteiger partial charge in [-0.25, -0.2) is 4.98 Å². The summed E-state index contributed by atoms with van der Waals surface area (Å²) in [6.07, 6.45) is 3.64. The molecule has 0 aliphatic carbocycles. The number of aryl methyl sites for hydroxylation is 1. The lowest BCUT2D eigenvalue weighted by Crippen LogP contribution is -2.55. The van der Waals surface area contributed by atoms with Gasteiger partial charge in [-0.15, -0.1) is 0 Å². The molecule has 5 rings (SSSR count). The molecule has 3 aliphatic rings. The van der Waals surface area contributed by atoms with E-state index in [1.807, 2.05) is 18.7 Å². The summed E-state index contributed by atoms with van der Waals surface area (Å²) in [5, 5.41) is 3.46. The Hall–Kier alpha value is -2.58. The summed E-state index contributed by atoms with van der Waals surface area (Å²) in [5.41, 5.74) is 3.51. The molecule has 0 saturated carbocycles. The molecule has 1 N–H and O–H groups in total. The third-order valence-electron chi connectivity index (χ3n) is 7.40. The maximum Gasteiger partial charge on any atom is 0.274 e. The quantitative estimate of drug-likeness (QED) is 0.703. The number of methoxy groups -OCH3 is 1. The van der Waals surface area contributed by atoms with Crippen LogP contribution in [0.4, 0.5) is 0 Å². The van der Waals surface area contributed by atoms with Gasteiger partial charge in [-0.2, -0.15) is 0 Å². The van der Waals surface area contributed by atoms with Crippen LogP contribution in [0.2, 0.25) is 0 Å². The maximum absolute atomic E-state index is 13.9. The Morgan fingerprint density at radius 1 is 1.20 bits per heavy atom. The van der Waals surface area contributed by atoms with Crippen LogP contribution >= 0.6 is 0 Å². The summed E-state index contributed by atoms with van der Waals surface area (Å²) in [6.45, 7) is 11.8. The van der Waals surface area contributed by atoms with E-state index in [-0.39, 0.29) is 17.6 Å². The third-order valence-corrected chi connectivity index (χ3v) is 7.40. The Kier molecular flexibility index (Phi) is 6.53. The van der Waals surface area contributed by atoms with E-state index in [1.165, 1.54) is 5.56 Å². The number of benzene rings is 1. The molecule has 2 aromatic rings. The van der Waals surface area contributed by atoms with Gasteiger partial charge in [0.2, 0.25) is 0 Å². The number of aromatic nitrogens is 2. The molecule has 2 saturated heterocycles. The highest BCUT2D eigenvalue weighted by Gasteiger charge is 2.39. The number of amides is 1. The fourth-order valence-electron chi connectivity index (χ4n) is 5.62. The molecule has 4 heterocycles. The minimum atomic E-state index is -0.362. The van der Waals surface area contributed by atoms with Crippen LogP contribution in [0.15, 0.2) is 12.1 Å². The predicted octanol–water partition coefficient (Wildman–Crippen LogP) is 3.48. The number of hydrogen-bond acceptors (Lipinski definition) is 6. The van der Waals surface area contributed by atoms with Gasteiger partial charge < -0.3 is 24.4 Å². The number of nitrogens with one attached hydrogen (secondary N) is 1. The molecular weight excluding hydrogens is 444 g/mol. The molecular formula is C27H38N4O4. The van der Waals surface area contributed by atoms with Gasteiger partial charge in [0.25, 0.3) is 5.91 Å². The number of piperidine rings is 1. The predicted molar refractivity (Wildman–Crippen MR) is 134 cm³/mol. The van der Waals surface area contributed by atoms with Crippen molar-refractivity contribution in [3.05, 3.63) is 34.9 Å². The highest BCUT2D eigenvalue weighted by molar-refractivity contribution is 5.94. The van der Waals surface area contributed by atoms with Crippen LogP contribution in [0.5, 0.6) is 11.5 Å². The zero-order chi connectivity index (χ0) is 24.7. The van der Waals surface area contributed by atoms with E-state index < -0.39 is 0 Å². The number of morpholine rings is 1. The molecule has 190 valence electrons. The topological polar surface area (TPSA) is 77.8 Å². The summed E-state index contributed by atoms with van der Waals surface area (Å²) in [7, 11) is 1.68. The average Bonchev–Trinajstić information content (AvgIpc) is 3.23. The zero-order valence-corrected chi connectivity index (χ0v) is 21.6. The van der Waals surface area contributed by atoms with E-state index >= 15 is 0 Å². The lowest BCUT2D eigenvalue weighted by atomic mass is 9.95. The summed E-state index contributed by atoms with van der Waals surface area (Å²) in [6, 6.07) is 4.17. The number of imidazole rings is 1. The SMILES string of the molecule is COc1cc2c(cc1OC(C)C)-n1c(C3CCNCC3)nc(C(=O)N3CCOCC3(C)C)c1CC2. The van der Waals surface area contributed by atoms with Crippen molar-refractivity contribution in [3.63, 3.8) is 0 Å². The van der Waals surface area contributed by atoms with Crippen LogP contribution in [0.25, 0.3) is 5.69 Å². The van der Waals surface area contributed by atoms with Crippen LogP contribution in [0.1, 0.15) is 74.0 Å². The lowest BCUT2D eigenvalue weighted by Gasteiger charge is -2.41. The van der Waals surface area contributed by atoms with E-state index in [0.717, 1.165) is 67.5 Å². The Balaban J connectivity index is 1.65. The van der Waals surface area contributed by atoms with E-state index in [0.29, 0.717) is 31.4 Å². The molecule has 1 amide bonds. The van der Waals surface area contributed by atoms with Gasteiger partial charge in [-0.05, 0) is 78.1 Å². The normalized spacial score (nSPS) is 19.9. The molecule has 8 nitrogen and oxygen atoms in total. The molecule has 0 spiro atoms. The van der Waals surface area contributed by atoms with Gasteiger partial charge in [0.15, 0.2) is 11.5 Å². The second-order valence-corrected chi connectivity index (χ2v) is 10.7. The average molecular weight is 483 g/mol. The molecule has 0 atom stereocenters. The second kappa shape index (κ2) is 9.47. The van der Waals surface area contributed by atoms with E-state index in [4.69, 9.17) is 19.2 Å². The molecule has 3 aliphatic heterocycles. The Labute approximate surface area is 207 Å². The minimum Gasteiger partial charge on any atom is -0.493 e. The van der Waals surface area contributed by atoms with Crippen molar-refractivity contribution in [2.24, 2.45) is 0 Å². The van der Waals surface area contributed by atoms with Gasteiger partial charge in [0.1, 0.15) is 11.5 Å². The van der Waals surface area contributed by atoms with Gasteiger partial charge >= 0.3 is 0 Å². The van der Waals surface area contributed by atoms with Gasteiger partial charge in [-0.1, -0.05) is 0 Å². The van der Waals surface area contributed by atoms with Crippen molar-refractivity contribution >= 4 is 5.91 Å². The van der Waals surface area contributed by atoms with Gasteiger partial charge in [0.05, 0.1) is 43.3 Å². The molecule has 35 heavy (non-hydrogen) atoms. The van der Waals surface area contributed by atoms with Crippen molar-refractivity contribution in [1.82, 2.24) is 19.8 Å². The number of carbonyl (C=O) groups excluding carboxylic acids is 1. The highest BCUT2D eigenvalue weighted by atomic mass is 16.5. The molecule has 0 radical (unpaired) electrons. The number of carbonyl (C=O) groups is 1. The van der Waals surface area contributed by atoms with E-state index in [1.54, 1.807) is 7.11 Å². The van der Waals surface area contributed by atoms with Crippen LogP contribution < -0.4 is 14.8 Å². The fraction of sp³-hybridized carbons (Fsp3) is 0.630. The van der Waals surface area contributed by atoms with Crippen molar-refractivity contribution in [2.75, 3.05) is 40.0 Å². The summed E-state index contributed by atoms with van der Waals surface area (Å²) >= 11 is 0. The summed E-state index contributed by atoms with van der Waals surface area (Å²) < 4.78 is 19.7. The van der Waals surface area contributed by atoms with Crippen molar-refractivity contribution < 1.29 is 19.0 Å². The monoisotopic (exact) mass is 482 g/mol. The molecule has 0 unspecified atom stereocenters. The lowest BCUT2D eigenvalue weighted by molar-refractivity contribution is -0.0373. The van der Waals surface area contributed by atoms with E-state index in [2.05, 4.69) is 35.9 Å². The van der Waals surface area contributed by atoms with Crippen LogP contribution in [-0.4, -0.2) is 72.0 Å². The third kappa shape index (κ3) is 4.42. The Bertz CT molecular complexity index is 1100. The summed E-state index contributed by atoms with van der Waals surface area (Å²) in [4.78, 5) is 21.0. The van der Waals surface area contributed by atoms with Crippen molar-refractivity contribution in [3.8, 4) is 17.2 Å². The Morgan fingerprint density at radius 2 is 1.97 bits per heavy atom. The van der Waals surface area contributed by atoms with Gasteiger partial charge in [-0.3, -0.25) is 9.36 Å². The van der Waals surface area contributed by atoms with Crippen LogP contribution in [0.3, 0.4) is 0 Å². The molecule has 0 bridgehead atoms. The largest absolute Gasteiger partial charge is 0.493 e. The highest BCUT2D eigenvalue weighted by Crippen LogP contribution is 2.40. The van der Waals surface area contributed by atoms with E-state index in [9.17, 15) is 4.79 Å². The first-order valence-corrected chi connectivity index (χ1v) is 12.9. The molecule has 1 aromatic heterocycles. The number of hydrogen-bond donors (Lipinski definition) is 1. The first-order chi connectivity index (χ1) is 16.8. The Morgan fingerprint density at radius 3 is 2.66 bits per heavy atom. The maximum atomic E-state index is 13.9. The molecule has 8 heteroatoms. The number of ether oxygens (including phenoxy) is 3. The van der Waals surface area contributed by atoms with Crippen LogP contribution in [0, 0.1) is 0 Å². The number of nitrogens with zero attached hydrogens (tertiary/aromatic N) is 3. The summed E-state index contributed by atoms with van der Waals surface area (Å²) in [5.74, 6) is 2.78. The molecule has 2 fully saturated rings. The van der Waals surface area contributed by atoms with Gasteiger partial charge in [0, 0.05) is 18.5 Å². The standard InChI is InChI=1S/C27H38N4O4/c1-17(2)35-23-15-21-19(14-22(23)33-5)6-7-20-24(26(32)30-12-13-34-16-27(30,3)4)29-25(31(20)21)18-8-10-28-11-9-18/h14-15,17-18,28H,6-13,16H2,1-5H3. The van der Waals surface area contributed by atoms with Crippen LogP contribution in [-0.2, 0) is 17.6 Å². The smallest absolute Gasteiger partial charge is 0.274 e. The first-order valence-electron chi connectivity index (χ1n) is 12.9. The first kappa shape index (κ1) is 24.1. The zero-order valence-electron chi connectivity index (χ0n) is 21.6. The molecule has 1 aromatic carbocycles. The number of rotatable bonds is 5. The second-order valence-electron chi connectivity index (χ2n) is 10.7. The number of fused-ring (bicyclic) bond motifs is 3.